The molecule has 4 bridgehead atoms. The molecule has 1 aromatic heterocycles. The van der Waals surface area contributed by atoms with Gasteiger partial charge in [-0.05, 0) is 146 Å². The van der Waals surface area contributed by atoms with E-state index in [-0.39, 0.29) is 5.41 Å². The molecule has 0 radical (unpaired) electrons. The number of hydrogen-bond acceptors (Lipinski definition) is 1. The second-order valence-electron chi connectivity index (χ2n) is 15.6. The van der Waals surface area contributed by atoms with Gasteiger partial charge >= 0.3 is 0 Å². The molecule has 1 heteroatoms. The maximum absolute atomic E-state index is 6.40. The molecule has 4 saturated carbocycles. The summed E-state index contributed by atoms with van der Waals surface area (Å²) in [6, 6.07) is 50.4. The standard InChI is InChI=1S/C48H36O/c1-3-13-40-38(11-1)46(39-12-2-4-14-41(39)47(40)31-18-20-37-36-10-6-8-16-44(36)49-45(37)27-31)30-17-19-35-34-9-5-7-15-42(34)48(43(35)26-30)32-22-28-21-29(24-32)25-33(48)23-28/h1-20,26-29,32-33H,21-25H2. The van der Waals surface area contributed by atoms with Crippen LogP contribution in [0.1, 0.15) is 43.2 Å². The van der Waals surface area contributed by atoms with Gasteiger partial charge in [0.1, 0.15) is 11.2 Å². The molecule has 4 fully saturated rings. The highest BCUT2D eigenvalue weighted by atomic mass is 16.3. The first-order valence-corrected chi connectivity index (χ1v) is 18.4. The quantitative estimate of drug-likeness (QED) is 0.174. The molecule has 1 heterocycles. The van der Waals surface area contributed by atoms with Gasteiger partial charge in [0.25, 0.3) is 0 Å². The highest BCUT2D eigenvalue weighted by Crippen LogP contribution is 2.69. The van der Waals surface area contributed by atoms with Crippen molar-refractivity contribution >= 4 is 43.5 Å². The normalized spacial score (nSPS) is 24.8. The van der Waals surface area contributed by atoms with E-state index < -0.39 is 0 Å². The molecule has 0 unspecified atom stereocenters. The first kappa shape index (κ1) is 26.8. The Morgan fingerprint density at radius 3 is 1.59 bits per heavy atom. The zero-order valence-electron chi connectivity index (χ0n) is 27.5. The zero-order chi connectivity index (χ0) is 31.8. The van der Waals surface area contributed by atoms with Crippen molar-refractivity contribution in [2.45, 2.75) is 37.5 Å². The van der Waals surface area contributed by atoms with Gasteiger partial charge in [-0.25, -0.2) is 0 Å². The Bertz CT molecular complexity index is 2600. The molecule has 7 aromatic carbocycles. The Hall–Kier alpha value is -5.14. The Morgan fingerprint density at radius 2 is 0.918 bits per heavy atom. The van der Waals surface area contributed by atoms with Crippen molar-refractivity contribution in [1.29, 1.82) is 0 Å². The van der Waals surface area contributed by atoms with E-state index in [0.717, 1.165) is 34.8 Å². The summed E-state index contributed by atoms with van der Waals surface area (Å²) < 4.78 is 6.40. The number of hydrogen-bond donors (Lipinski definition) is 0. The lowest BCUT2D eigenvalue weighted by Gasteiger charge is -2.61. The molecule has 1 spiro atoms. The molecule has 0 aliphatic heterocycles. The van der Waals surface area contributed by atoms with E-state index in [0.29, 0.717) is 0 Å². The fourth-order valence-corrected chi connectivity index (χ4v) is 11.9. The van der Waals surface area contributed by atoms with Gasteiger partial charge < -0.3 is 4.42 Å². The van der Waals surface area contributed by atoms with E-state index in [1.165, 1.54) is 97.8 Å². The lowest BCUT2D eigenvalue weighted by molar-refractivity contribution is -0.0399. The number of furan rings is 1. The second-order valence-corrected chi connectivity index (χ2v) is 15.6. The molecule has 5 aliphatic rings. The van der Waals surface area contributed by atoms with Gasteiger partial charge in [0.2, 0.25) is 0 Å². The number of rotatable bonds is 2. The average Bonchev–Trinajstić information content (AvgIpc) is 3.65. The van der Waals surface area contributed by atoms with Crippen molar-refractivity contribution in [2.24, 2.45) is 23.7 Å². The summed E-state index contributed by atoms with van der Waals surface area (Å²) >= 11 is 0. The van der Waals surface area contributed by atoms with E-state index in [1.807, 2.05) is 6.07 Å². The molecule has 0 amide bonds. The number of para-hydroxylation sites is 1. The van der Waals surface area contributed by atoms with Crippen molar-refractivity contribution in [3.63, 3.8) is 0 Å². The minimum atomic E-state index is 0.156. The third-order valence-corrected chi connectivity index (χ3v) is 13.4. The molecule has 234 valence electrons. The fourth-order valence-electron chi connectivity index (χ4n) is 11.9. The molecule has 49 heavy (non-hydrogen) atoms. The predicted octanol–water partition coefficient (Wildman–Crippen LogP) is 12.9. The molecular formula is C48H36O. The summed E-state index contributed by atoms with van der Waals surface area (Å²) in [7, 11) is 0. The van der Waals surface area contributed by atoms with E-state index >= 15 is 0 Å². The Labute approximate surface area is 286 Å². The fraction of sp³-hybridized carbons (Fsp3) is 0.208. The summed E-state index contributed by atoms with van der Waals surface area (Å²) in [5.41, 5.74) is 13.4. The van der Waals surface area contributed by atoms with Crippen LogP contribution in [-0.2, 0) is 5.41 Å². The van der Waals surface area contributed by atoms with Crippen molar-refractivity contribution in [2.75, 3.05) is 0 Å². The van der Waals surface area contributed by atoms with E-state index in [9.17, 15) is 0 Å². The summed E-state index contributed by atoms with van der Waals surface area (Å²) in [5, 5.41) is 7.55. The van der Waals surface area contributed by atoms with E-state index in [1.54, 1.807) is 11.1 Å². The van der Waals surface area contributed by atoms with Crippen molar-refractivity contribution in [3.05, 3.63) is 145 Å². The first-order chi connectivity index (χ1) is 24.3. The van der Waals surface area contributed by atoms with Gasteiger partial charge in [0.15, 0.2) is 0 Å². The smallest absolute Gasteiger partial charge is 0.136 e. The molecule has 5 aliphatic carbocycles. The lowest BCUT2D eigenvalue weighted by Crippen LogP contribution is -2.55. The highest BCUT2D eigenvalue weighted by Gasteiger charge is 2.61. The number of benzene rings is 7. The summed E-state index contributed by atoms with van der Waals surface area (Å²) in [4.78, 5) is 0. The second kappa shape index (κ2) is 9.51. The van der Waals surface area contributed by atoms with Crippen molar-refractivity contribution in [1.82, 2.24) is 0 Å². The first-order valence-electron chi connectivity index (χ1n) is 18.4. The van der Waals surface area contributed by atoms with Crippen LogP contribution in [0.15, 0.2) is 138 Å². The maximum atomic E-state index is 6.40. The zero-order valence-corrected chi connectivity index (χ0v) is 27.5. The minimum absolute atomic E-state index is 0.156. The van der Waals surface area contributed by atoms with Gasteiger partial charge in [0.05, 0.1) is 0 Å². The number of fused-ring (bicyclic) bond motifs is 8. The molecular weight excluding hydrogens is 593 g/mol. The molecule has 0 saturated heterocycles. The van der Waals surface area contributed by atoms with Gasteiger partial charge in [-0.3, -0.25) is 0 Å². The lowest BCUT2D eigenvalue weighted by atomic mass is 9.43. The molecule has 0 atom stereocenters. The predicted molar refractivity (Wildman–Crippen MR) is 203 cm³/mol. The van der Waals surface area contributed by atoms with Gasteiger partial charge in [-0.2, -0.15) is 0 Å². The van der Waals surface area contributed by atoms with Gasteiger partial charge in [-0.1, -0.05) is 109 Å². The molecule has 8 aromatic rings. The largest absolute Gasteiger partial charge is 0.456 e. The van der Waals surface area contributed by atoms with Crippen LogP contribution in [0.3, 0.4) is 0 Å². The van der Waals surface area contributed by atoms with Crippen LogP contribution in [0.25, 0.3) is 76.9 Å². The topological polar surface area (TPSA) is 13.1 Å². The van der Waals surface area contributed by atoms with Crippen LogP contribution < -0.4 is 0 Å². The van der Waals surface area contributed by atoms with Crippen LogP contribution >= 0.6 is 0 Å². The van der Waals surface area contributed by atoms with Crippen molar-refractivity contribution in [3.8, 4) is 33.4 Å². The molecule has 13 rings (SSSR count). The SMILES string of the molecule is c1ccc2c(c1)-c1ccc(-c3c4ccccc4c(-c4ccc5c(c4)oc4ccccc45)c4ccccc34)cc1C21C2CC3CC(C2)CC1C3. The highest BCUT2D eigenvalue weighted by molar-refractivity contribution is 6.22. The summed E-state index contributed by atoms with van der Waals surface area (Å²) in [5.74, 6) is 3.38. The third kappa shape index (κ3) is 3.41. The minimum Gasteiger partial charge on any atom is -0.456 e. The average molecular weight is 629 g/mol. The molecule has 1 nitrogen and oxygen atoms in total. The maximum Gasteiger partial charge on any atom is 0.136 e. The van der Waals surface area contributed by atoms with Gasteiger partial charge in [0, 0.05) is 16.2 Å². The third-order valence-electron chi connectivity index (χ3n) is 13.4. The molecule has 0 N–H and O–H groups in total. The van der Waals surface area contributed by atoms with Crippen LogP contribution in [0.5, 0.6) is 0 Å². The van der Waals surface area contributed by atoms with Crippen LogP contribution in [-0.4, -0.2) is 0 Å². The van der Waals surface area contributed by atoms with E-state index in [2.05, 4.69) is 127 Å². The van der Waals surface area contributed by atoms with Crippen molar-refractivity contribution < 1.29 is 4.42 Å². The Kier molecular flexibility index (Phi) is 5.20. The Balaban J connectivity index is 1.12. The van der Waals surface area contributed by atoms with Crippen LogP contribution in [0.4, 0.5) is 0 Å². The Morgan fingerprint density at radius 1 is 0.408 bits per heavy atom. The van der Waals surface area contributed by atoms with Crippen LogP contribution in [0, 0.1) is 23.7 Å². The van der Waals surface area contributed by atoms with Crippen LogP contribution in [0.2, 0.25) is 0 Å². The monoisotopic (exact) mass is 628 g/mol. The summed E-state index contributed by atoms with van der Waals surface area (Å²) in [6.07, 6.45) is 7.09. The van der Waals surface area contributed by atoms with E-state index in [4.69, 9.17) is 4.42 Å². The van der Waals surface area contributed by atoms with Gasteiger partial charge in [-0.15, -0.1) is 0 Å². The summed E-state index contributed by atoms with van der Waals surface area (Å²) in [6.45, 7) is 0.